The number of benzene rings is 1. The standard InChI is InChI=1S/C24H30N2O3/c1-17-15-20(17)23-11-9-18(29-23)10-12-24(27)25-16-21(26-13-5-6-14-26)19-7-3-4-8-22(19)28-2/h3-4,7-12,17,20-21H,5-6,13-16H2,1-2H3,(H,25,27)/b12-10+. The van der Waals surface area contributed by atoms with Crippen molar-refractivity contribution in [2.45, 2.75) is 38.1 Å². The molecule has 1 saturated heterocycles. The summed E-state index contributed by atoms with van der Waals surface area (Å²) in [6.45, 7) is 4.87. The van der Waals surface area contributed by atoms with Crippen molar-refractivity contribution >= 4 is 12.0 Å². The van der Waals surface area contributed by atoms with Gasteiger partial charge >= 0.3 is 0 Å². The number of furan rings is 1. The molecule has 1 aliphatic heterocycles. The Morgan fingerprint density at radius 3 is 2.76 bits per heavy atom. The molecule has 0 radical (unpaired) electrons. The molecule has 5 nitrogen and oxygen atoms in total. The van der Waals surface area contributed by atoms with E-state index in [1.165, 1.54) is 19.3 Å². The van der Waals surface area contributed by atoms with Gasteiger partial charge < -0.3 is 14.5 Å². The van der Waals surface area contributed by atoms with Gasteiger partial charge in [0.1, 0.15) is 17.3 Å². The summed E-state index contributed by atoms with van der Waals surface area (Å²) >= 11 is 0. The van der Waals surface area contributed by atoms with E-state index in [2.05, 4.69) is 23.2 Å². The molecular formula is C24H30N2O3. The van der Waals surface area contributed by atoms with E-state index in [0.717, 1.165) is 35.9 Å². The van der Waals surface area contributed by atoms with Crippen molar-refractivity contribution < 1.29 is 13.9 Å². The molecule has 0 bridgehead atoms. The van der Waals surface area contributed by atoms with E-state index >= 15 is 0 Å². The predicted octanol–water partition coefficient (Wildman–Crippen LogP) is 4.38. The van der Waals surface area contributed by atoms with Crippen LogP contribution in [0.1, 0.15) is 55.2 Å². The molecule has 2 aliphatic rings. The summed E-state index contributed by atoms with van der Waals surface area (Å²) < 4.78 is 11.4. The zero-order chi connectivity index (χ0) is 20.2. The van der Waals surface area contributed by atoms with E-state index in [4.69, 9.17) is 9.15 Å². The molecule has 1 aliphatic carbocycles. The largest absolute Gasteiger partial charge is 0.496 e. The first-order chi connectivity index (χ1) is 14.2. The lowest BCUT2D eigenvalue weighted by Gasteiger charge is -2.29. The third-order valence-corrected chi connectivity index (χ3v) is 6.07. The highest BCUT2D eigenvalue weighted by Gasteiger charge is 2.36. The Labute approximate surface area is 172 Å². The van der Waals surface area contributed by atoms with Crippen molar-refractivity contribution in [1.29, 1.82) is 0 Å². The fourth-order valence-electron chi connectivity index (χ4n) is 4.22. The summed E-state index contributed by atoms with van der Waals surface area (Å²) in [5, 5.41) is 3.06. The second kappa shape index (κ2) is 8.87. The minimum absolute atomic E-state index is 0.109. The molecule has 1 amide bonds. The molecule has 1 N–H and O–H groups in total. The number of ether oxygens (including phenoxy) is 1. The molecule has 1 aromatic carbocycles. The van der Waals surface area contributed by atoms with Crippen molar-refractivity contribution in [3.8, 4) is 5.75 Å². The first-order valence-corrected chi connectivity index (χ1v) is 10.6. The third kappa shape index (κ3) is 4.73. The molecule has 0 spiro atoms. The van der Waals surface area contributed by atoms with Crippen molar-refractivity contribution in [3.05, 3.63) is 59.6 Å². The Morgan fingerprint density at radius 2 is 2.03 bits per heavy atom. The van der Waals surface area contributed by atoms with Crippen LogP contribution in [0.15, 0.2) is 46.9 Å². The third-order valence-electron chi connectivity index (χ3n) is 6.07. The van der Waals surface area contributed by atoms with Crippen LogP contribution in [0, 0.1) is 5.92 Å². The smallest absolute Gasteiger partial charge is 0.244 e. The maximum Gasteiger partial charge on any atom is 0.244 e. The van der Waals surface area contributed by atoms with Crippen LogP contribution in [0.4, 0.5) is 0 Å². The monoisotopic (exact) mass is 394 g/mol. The second-order valence-corrected chi connectivity index (χ2v) is 8.14. The van der Waals surface area contributed by atoms with E-state index in [1.54, 1.807) is 19.3 Å². The molecule has 2 fully saturated rings. The van der Waals surface area contributed by atoms with Gasteiger partial charge in [-0.25, -0.2) is 0 Å². The number of amides is 1. The van der Waals surface area contributed by atoms with E-state index in [9.17, 15) is 4.79 Å². The molecule has 2 heterocycles. The van der Waals surface area contributed by atoms with Crippen LogP contribution in [-0.4, -0.2) is 37.6 Å². The summed E-state index contributed by atoms with van der Waals surface area (Å²) in [6, 6.07) is 12.1. The normalized spacial score (nSPS) is 22.7. The minimum atomic E-state index is -0.109. The van der Waals surface area contributed by atoms with E-state index in [1.807, 2.05) is 30.3 Å². The number of likely N-dealkylation sites (tertiary alicyclic amines) is 1. The average molecular weight is 395 g/mol. The highest BCUT2D eigenvalue weighted by atomic mass is 16.5. The first kappa shape index (κ1) is 19.8. The quantitative estimate of drug-likeness (QED) is 0.675. The van der Waals surface area contributed by atoms with Crippen molar-refractivity contribution in [3.63, 3.8) is 0 Å². The lowest BCUT2D eigenvalue weighted by Crippen LogP contribution is -2.36. The fourth-order valence-corrected chi connectivity index (χ4v) is 4.22. The van der Waals surface area contributed by atoms with Crippen molar-refractivity contribution in [2.24, 2.45) is 5.92 Å². The van der Waals surface area contributed by atoms with Crippen LogP contribution in [0.3, 0.4) is 0 Å². The second-order valence-electron chi connectivity index (χ2n) is 8.14. The SMILES string of the molecule is COc1ccccc1C(CNC(=O)/C=C/c1ccc(C2CC2C)o1)N1CCCC1. The summed E-state index contributed by atoms with van der Waals surface area (Å²) in [5.41, 5.74) is 1.12. The van der Waals surface area contributed by atoms with Gasteiger partial charge in [-0.15, -0.1) is 0 Å². The highest BCUT2D eigenvalue weighted by Crippen LogP contribution is 2.47. The number of nitrogens with zero attached hydrogens (tertiary/aromatic N) is 1. The molecule has 3 unspecified atom stereocenters. The van der Waals surface area contributed by atoms with Gasteiger partial charge in [0.05, 0.1) is 13.2 Å². The number of rotatable bonds is 8. The van der Waals surface area contributed by atoms with Crippen LogP contribution in [-0.2, 0) is 4.79 Å². The van der Waals surface area contributed by atoms with Gasteiger partial charge in [0.2, 0.25) is 5.91 Å². The van der Waals surface area contributed by atoms with Gasteiger partial charge in [0, 0.05) is 24.1 Å². The molecular weight excluding hydrogens is 364 g/mol. The molecule has 1 saturated carbocycles. The van der Waals surface area contributed by atoms with Crippen LogP contribution >= 0.6 is 0 Å². The Morgan fingerprint density at radius 1 is 1.28 bits per heavy atom. The summed E-state index contributed by atoms with van der Waals surface area (Å²) in [4.78, 5) is 14.9. The lowest BCUT2D eigenvalue weighted by atomic mass is 10.0. The van der Waals surface area contributed by atoms with Crippen LogP contribution < -0.4 is 10.1 Å². The number of para-hydroxylation sites is 1. The zero-order valence-electron chi connectivity index (χ0n) is 17.3. The predicted molar refractivity (Wildman–Crippen MR) is 114 cm³/mol. The fraction of sp³-hybridized carbons (Fsp3) is 0.458. The van der Waals surface area contributed by atoms with E-state index in [-0.39, 0.29) is 11.9 Å². The van der Waals surface area contributed by atoms with Crippen LogP contribution in [0.5, 0.6) is 5.75 Å². The summed E-state index contributed by atoms with van der Waals surface area (Å²) in [6.07, 6.45) is 6.89. The molecule has 4 rings (SSSR count). The van der Waals surface area contributed by atoms with Gasteiger partial charge in [-0.2, -0.15) is 0 Å². The number of carbonyl (C=O) groups is 1. The van der Waals surface area contributed by atoms with E-state index < -0.39 is 0 Å². The van der Waals surface area contributed by atoms with Crippen LogP contribution in [0.2, 0.25) is 0 Å². The molecule has 1 aromatic heterocycles. The number of nitrogens with one attached hydrogen (secondary N) is 1. The molecule has 5 heteroatoms. The van der Waals surface area contributed by atoms with Crippen molar-refractivity contribution in [1.82, 2.24) is 10.2 Å². The summed E-state index contributed by atoms with van der Waals surface area (Å²) in [7, 11) is 1.70. The van der Waals surface area contributed by atoms with E-state index in [0.29, 0.717) is 18.4 Å². The van der Waals surface area contributed by atoms with Gasteiger partial charge in [-0.05, 0) is 62.5 Å². The number of hydrogen-bond acceptors (Lipinski definition) is 4. The Bertz CT molecular complexity index is 867. The van der Waals surface area contributed by atoms with Crippen LogP contribution in [0.25, 0.3) is 6.08 Å². The molecule has 2 aromatic rings. The lowest BCUT2D eigenvalue weighted by molar-refractivity contribution is -0.116. The highest BCUT2D eigenvalue weighted by molar-refractivity contribution is 5.91. The van der Waals surface area contributed by atoms with Crippen molar-refractivity contribution in [2.75, 3.05) is 26.7 Å². The Hall–Kier alpha value is -2.53. The molecule has 3 atom stereocenters. The molecule has 154 valence electrons. The maximum absolute atomic E-state index is 12.4. The molecule has 29 heavy (non-hydrogen) atoms. The topological polar surface area (TPSA) is 54.7 Å². The number of methoxy groups -OCH3 is 1. The van der Waals surface area contributed by atoms with Gasteiger partial charge in [-0.3, -0.25) is 9.69 Å². The maximum atomic E-state index is 12.4. The van der Waals surface area contributed by atoms with Gasteiger partial charge in [0.15, 0.2) is 0 Å². The number of carbonyl (C=O) groups excluding carboxylic acids is 1. The van der Waals surface area contributed by atoms with Gasteiger partial charge in [-0.1, -0.05) is 25.1 Å². The first-order valence-electron chi connectivity index (χ1n) is 10.6. The average Bonchev–Trinajstić information content (AvgIpc) is 3.15. The minimum Gasteiger partial charge on any atom is -0.496 e. The number of hydrogen-bond donors (Lipinski definition) is 1. The summed E-state index contributed by atoms with van der Waals surface area (Å²) in [5.74, 6) is 3.78. The van der Waals surface area contributed by atoms with Gasteiger partial charge in [0.25, 0.3) is 0 Å². The Balaban J connectivity index is 1.39. The zero-order valence-corrected chi connectivity index (χ0v) is 17.3. The Kier molecular flexibility index (Phi) is 6.05.